The maximum Gasteiger partial charge on any atom is 0.0433 e. The van der Waals surface area contributed by atoms with Gasteiger partial charge in [-0.2, -0.15) is 0 Å². The van der Waals surface area contributed by atoms with Crippen molar-refractivity contribution in [3.63, 3.8) is 0 Å². The van der Waals surface area contributed by atoms with E-state index in [0.717, 1.165) is 6.42 Å². The van der Waals surface area contributed by atoms with E-state index in [9.17, 15) is 0 Å². The molecule has 0 aromatic heterocycles. The fourth-order valence-corrected chi connectivity index (χ4v) is 2.88. The Kier molecular flexibility index (Phi) is 10.6. The van der Waals surface area contributed by atoms with Crippen LogP contribution in [-0.2, 0) is 0 Å². The third-order valence-electron chi connectivity index (χ3n) is 3.92. The molecule has 1 N–H and O–H groups in total. The van der Waals surface area contributed by atoms with Gasteiger partial charge in [-0.25, -0.2) is 0 Å². The standard InChI is InChI=1S/C17H37NO/c1-6-18(7-2)13-10-8-9-11-16(12-14-19)15-17(3,4)5/h16,19H,6-15H2,1-5H3/t16-/m0/s1. The summed E-state index contributed by atoms with van der Waals surface area (Å²) in [5.74, 6) is 0.707. The molecule has 0 aliphatic carbocycles. The van der Waals surface area contributed by atoms with Crippen LogP contribution in [0.1, 0.15) is 73.1 Å². The molecule has 19 heavy (non-hydrogen) atoms. The molecule has 116 valence electrons. The van der Waals surface area contributed by atoms with E-state index in [4.69, 9.17) is 5.11 Å². The fraction of sp³-hybridized carbons (Fsp3) is 1.00. The summed E-state index contributed by atoms with van der Waals surface area (Å²) in [6.07, 6.45) is 7.49. The molecule has 0 aromatic carbocycles. The van der Waals surface area contributed by atoms with Crippen molar-refractivity contribution in [2.45, 2.75) is 73.1 Å². The van der Waals surface area contributed by atoms with Gasteiger partial charge in [0, 0.05) is 6.61 Å². The van der Waals surface area contributed by atoms with Crippen LogP contribution in [0.5, 0.6) is 0 Å². The number of hydrogen-bond acceptors (Lipinski definition) is 2. The van der Waals surface area contributed by atoms with Crippen LogP contribution in [0.2, 0.25) is 0 Å². The van der Waals surface area contributed by atoms with E-state index in [1.165, 1.54) is 51.7 Å². The highest BCUT2D eigenvalue weighted by molar-refractivity contribution is 4.69. The molecule has 0 saturated heterocycles. The first kappa shape index (κ1) is 18.9. The Balaban J connectivity index is 3.75. The molecule has 2 nitrogen and oxygen atoms in total. The molecule has 0 unspecified atom stereocenters. The van der Waals surface area contributed by atoms with Crippen molar-refractivity contribution in [2.24, 2.45) is 11.3 Å². The molecule has 1 atom stereocenters. The first-order valence-electron chi connectivity index (χ1n) is 8.26. The lowest BCUT2D eigenvalue weighted by molar-refractivity contribution is 0.206. The summed E-state index contributed by atoms with van der Waals surface area (Å²) in [5.41, 5.74) is 0.390. The molecule has 0 bridgehead atoms. The van der Waals surface area contributed by atoms with Crippen molar-refractivity contribution >= 4 is 0 Å². The van der Waals surface area contributed by atoms with Gasteiger partial charge in [-0.3, -0.25) is 0 Å². The normalized spacial score (nSPS) is 14.1. The number of hydrogen-bond donors (Lipinski definition) is 1. The second-order valence-corrected chi connectivity index (χ2v) is 7.02. The van der Waals surface area contributed by atoms with Crippen molar-refractivity contribution < 1.29 is 5.11 Å². The Labute approximate surface area is 121 Å². The predicted octanol–water partition coefficient (Wildman–Crippen LogP) is 4.32. The van der Waals surface area contributed by atoms with Crippen LogP contribution in [0.15, 0.2) is 0 Å². The van der Waals surface area contributed by atoms with Gasteiger partial charge in [0.1, 0.15) is 0 Å². The summed E-state index contributed by atoms with van der Waals surface area (Å²) < 4.78 is 0. The monoisotopic (exact) mass is 271 g/mol. The van der Waals surface area contributed by atoms with Crippen LogP contribution in [0.3, 0.4) is 0 Å². The van der Waals surface area contributed by atoms with Crippen LogP contribution >= 0.6 is 0 Å². The zero-order valence-electron chi connectivity index (χ0n) is 14.0. The quantitative estimate of drug-likeness (QED) is 0.566. The van der Waals surface area contributed by atoms with Crippen molar-refractivity contribution in [3.8, 4) is 0 Å². The maximum atomic E-state index is 9.17. The molecule has 2 heteroatoms. The molecular weight excluding hydrogens is 234 g/mol. The summed E-state index contributed by atoms with van der Waals surface area (Å²) in [6.45, 7) is 15.3. The summed E-state index contributed by atoms with van der Waals surface area (Å²) in [4.78, 5) is 2.50. The van der Waals surface area contributed by atoms with Gasteiger partial charge in [-0.1, -0.05) is 53.9 Å². The molecule has 0 aromatic rings. The highest BCUT2D eigenvalue weighted by Crippen LogP contribution is 2.29. The molecule has 0 heterocycles. The van der Waals surface area contributed by atoms with E-state index in [1.807, 2.05) is 0 Å². The first-order chi connectivity index (χ1) is 8.92. The van der Waals surface area contributed by atoms with Gasteiger partial charge in [-0.05, 0) is 50.2 Å². The Morgan fingerprint density at radius 1 is 0.947 bits per heavy atom. The SMILES string of the molecule is CCN(CC)CCCCC[C@@H](CCO)CC(C)(C)C. The second kappa shape index (κ2) is 10.7. The molecule has 0 saturated carbocycles. The molecule has 0 aliphatic rings. The minimum absolute atomic E-state index is 0.347. The first-order valence-corrected chi connectivity index (χ1v) is 8.26. The van der Waals surface area contributed by atoms with Crippen molar-refractivity contribution in [2.75, 3.05) is 26.2 Å². The molecule has 0 aliphatic heterocycles. The van der Waals surface area contributed by atoms with Crippen LogP contribution < -0.4 is 0 Å². The highest BCUT2D eigenvalue weighted by atomic mass is 16.3. The van der Waals surface area contributed by atoms with E-state index >= 15 is 0 Å². The van der Waals surface area contributed by atoms with E-state index in [2.05, 4.69) is 39.5 Å². The summed E-state index contributed by atoms with van der Waals surface area (Å²) >= 11 is 0. The predicted molar refractivity (Wildman–Crippen MR) is 85.5 cm³/mol. The van der Waals surface area contributed by atoms with Gasteiger partial charge in [0.05, 0.1) is 0 Å². The summed E-state index contributed by atoms with van der Waals surface area (Å²) in [7, 11) is 0. The largest absolute Gasteiger partial charge is 0.396 e. The van der Waals surface area contributed by atoms with E-state index in [0.29, 0.717) is 17.9 Å². The van der Waals surface area contributed by atoms with E-state index in [1.54, 1.807) is 0 Å². The minimum atomic E-state index is 0.347. The average molecular weight is 271 g/mol. The molecule has 0 fully saturated rings. The summed E-state index contributed by atoms with van der Waals surface area (Å²) in [5, 5.41) is 9.17. The number of nitrogens with zero attached hydrogens (tertiary/aromatic N) is 1. The van der Waals surface area contributed by atoms with Gasteiger partial charge < -0.3 is 10.0 Å². The zero-order valence-corrected chi connectivity index (χ0v) is 14.0. The maximum absolute atomic E-state index is 9.17. The molecule has 0 spiro atoms. The van der Waals surface area contributed by atoms with Crippen LogP contribution in [0, 0.1) is 11.3 Å². The number of aliphatic hydroxyl groups is 1. The Morgan fingerprint density at radius 2 is 1.58 bits per heavy atom. The van der Waals surface area contributed by atoms with Crippen LogP contribution in [0.25, 0.3) is 0 Å². The third-order valence-corrected chi connectivity index (χ3v) is 3.92. The lowest BCUT2D eigenvalue weighted by atomic mass is 9.81. The molecule has 0 radical (unpaired) electrons. The Bertz CT molecular complexity index is 194. The van der Waals surface area contributed by atoms with Crippen molar-refractivity contribution in [1.82, 2.24) is 4.90 Å². The molecule has 0 amide bonds. The number of rotatable bonds is 11. The van der Waals surface area contributed by atoms with Crippen molar-refractivity contribution in [1.29, 1.82) is 0 Å². The minimum Gasteiger partial charge on any atom is -0.396 e. The smallest absolute Gasteiger partial charge is 0.0433 e. The zero-order chi connectivity index (χ0) is 14.7. The second-order valence-electron chi connectivity index (χ2n) is 7.02. The number of unbranched alkanes of at least 4 members (excludes halogenated alkanes) is 2. The van der Waals surface area contributed by atoms with Gasteiger partial charge in [0.15, 0.2) is 0 Å². The Morgan fingerprint density at radius 3 is 2.05 bits per heavy atom. The van der Waals surface area contributed by atoms with Gasteiger partial charge in [0.2, 0.25) is 0 Å². The van der Waals surface area contributed by atoms with E-state index < -0.39 is 0 Å². The van der Waals surface area contributed by atoms with Gasteiger partial charge in [0.25, 0.3) is 0 Å². The fourth-order valence-electron chi connectivity index (χ4n) is 2.88. The van der Waals surface area contributed by atoms with Crippen LogP contribution in [-0.4, -0.2) is 36.2 Å². The summed E-state index contributed by atoms with van der Waals surface area (Å²) in [6, 6.07) is 0. The van der Waals surface area contributed by atoms with E-state index in [-0.39, 0.29) is 0 Å². The lowest BCUT2D eigenvalue weighted by Crippen LogP contribution is -2.23. The lowest BCUT2D eigenvalue weighted by Gasteiger charge is -2.25. The van der Waals surface area contributed by atoms with Gasteiger partial charge in [-0.15, -0.1) is 0 Å². The Hall–Kier alpha value is -0.0800. The molecule has 0 rings (SSSR count). The average Bonchev–Trinajstić information content (AvgIpc) is 2.32. The topological polar surface area (TPSA) is 23.5 Å². The number of aliphatic hydroxyl groups excluding tert-OH is 1. The highest BCUT2D eigenvalue weighted by Gasteiger charge is 2.18. The molecular formula is C17H37NO. The van der Waals surface area contributed by atoms with Crippen molar-refractivity contribution in [3.05, 3.63) is 0 Å². The third kappa shape index (κ3) is 11.4. The van der Waals surface area contributed by atoms with Crippen LogP contribution in [0.4, 0.5) is 0 Å². The van der Waals surface area contributed by atoms with Gasteiger partial charge >= 0.3 is 0 Å².